The fraction of sp³-hybridized carbons (Fsp3) is 0.312. The van der Waals surface area contributed by atoms with E-state index in [0.717, 1.165) is 0 Å². The highest BCUT2D eigenvalue weighted by Crippen LogP contribution is 2.41. The number of aromatic nitrogens is 2. The molecule has 0 fully saturated rings. The molecule has 24 heavy (non-hydrogen) atoms. The summed E-state index contributed by atoms with van der Waals surface area (Å²) in [7, 11) is 0. The topological polar surface area (TPSA) is 84.1 Å². The number of nitrogens with zero attached hydrogens (tertiary/aromatic N) is 1. The number of halogens is 2. The van der Waals surface area contributed by atoms with E-state index in [1.165, 1.54) is 19.1 Å². The number of rotatable bonds is 3. The minimum Gasteiger partial charge on any atom is -0.434 e. The maximum atomic E-state index is 12.1. The molecule has 1 unspecified atom stereocenters. The Balaban J connectivity index is 2.00. The van der Waals surface area contributed by atoms with E-state index in [1.807, 2.05) is 0 Å². The molecule has 1 amide bonds. The number of amides is 1. The Kier molecular flexibility index (Phi) is 3.57. The van der Waals surface area contributed by atoms with Crippen LogP contribution in [-0.2, 0) is 11.2 Å². The van der Waals surface area contributed by atoms with Gasteiger partial charge in [0.2, 0.25) is 11.8 Å². The van der Waals surface area contributed by atoms with E-state index in [4.69, 9.17) is 32.1 Å². The predicted octanol–water partition coefficient (Wildman–Crippen LogP) is 3.88. The Morgan fingerprint density at radius 2 is 2.17 bits per heavy atom. The molecule has 8 heteroatoms. The SMILES string of the molecule is [2H]C([2H])([2H])C1CCc2c(Oc3c(Cl)cc(NC(C)=O)cc3Cl)n[nH]c(=O)c21. The van der Waals surface area contributed by atoms with Crippen LogP contribution in [-0.4, -0.2) is 16.1 Å². The Bertz CT molecular complexity index is 953. The number of benzene rings is 1. The molecule has 1 aliphatic carbocycles. The Hall–Kier alpha value is -2.05. The molecule has 2 N–H and O–H groups in total. The summed E-state index contributed by atoms with van der Waals surface area (Å²) in [6.07, 6.45) is 0.629. The van der Waals surface area contributed by atoms with Crippen molar-refractivity contribution in [3.05, 3.63) is 43.7 Å². The molecular weight excluding hydrogens is 353 g/mol. The lowest BCUT2D eigenvalue weighted by molar-refractivity contribution is -0.114. The van der Waals surface area contributed by atoms with Crippen molar-refractivity contribution in [2.75, 3.05) is 5.32 Å². The van der Waals surface area contributed by atoms with E-state index in [1.54, 1.807) is 0 Å². The van der Waals surface area contributed by atoms with Crippen molar-refractivity contribution in [2.45, 2.75) is 32.5 Å². The molecule has 0 saturated carbocycles. The number of nitrogens with one attached hydrogen (secondary N) is 2. The summed E-state index contributed by atoms with van der Waals surface area (Å²) in [6, 6.07) is 2.92. The number of carbonyl (C=O) groups is 1. The van der Waals surface area contributed by atoms with Gasteiger partial charge in [0.1, 0.15) is 0 Å². The van der Waals surface area contributed by atoms with E-state index in [0.29, 0.717) is 24.1 Å². The Morgan fingerprint density at radius 3 is 2.79 bits per heavy atom. The summed E-state index contributed by atoms with van der Waals surface area (Å²) in [6.45, 7) is -0.951. The van der Waals surface area contributed by atoms with Crippen molar-refractivity contribution in [1.29, 1.82) is 0 Å². The van der Waals surface area contributed by atoms with Gasteiger partial charge in [0.05, 0.1) is 10.0 Å². The number of anilines is 1. The normalized spacial score (nSPS) is 18.3. The summed E-state index contributed by atoms with van der Waals surface area (Å²) in [5.74, 6) is -1.03. The van der Waals surface area contributed by atoms with Gasteiger partial charge < -0.3 is 10.1 Å². The lowest BCUT2D eigenvalue weighted by Gasteiger charge is -2.13. The molecule has 0 bridgehead atoms. The number of ether oxygens (including phenoxy) is 1. The molecule has 0 saturated heterocycles. The van der Waals surface area contributed by atoms with Gasteiger partial charge >= 0.3 is 0 Å². The van der Waals surface area contributed by atoms with Gasteiger partial charge in [0.15, 0.2) is 5.75 Å². The van der Waals surface area contributed by atoms with E-state index < -0.39 is 18.3 Å². The lowest BCUT2D eigenvalue weighted by Crippen LogP contribution is -2.16. The van der Waals surface area contributed by atoms with Crippen molar-refractivity contribution in [1.82, 2.24) is 10.2 Å². The quantitative estimate of drug-likeness (QED) is 0.858. The van der Waals surface area contributed by atoms with Crippen LogP contribution in [0.3, 0.4) is 0 Å². The smallest absolute Gasteiger partial charge is 0.268 e. The van der Waals surface area contributed by atoms with Crippen LogP contribution in [0.25, 0.3) is 0 Å². The van der Waals surface area contributed by atoms with Crippen molar-refractivity contribution in [2.24, 2.45) is 0 Å². The fourth-order valence-electron chi connectivity index (χ4n) is 2.64. The summed E-state index contributed by atoms with van der Waals surface area (Å²) in [5.41, 5.74) is 0.432. The summed E-state index contributed by atoms with van der Waals surface area (Å²) in [5, 5.41) is 8.97. The third-order valence-electron chi connectivity index (χ3n) is 3.64. The van der Waals surface area contributed by atoms with Crippen LogP contribution in [0.4, 0.5) is 5.69 Å². The van der Waals surface area contributed by atoms with Crippen molar-refractivity contribution >= 4 is 34.8 Å². The van der Waals surface area contributed by atoms with Crippen LogP contribution in [0.5, 0.6) is 11.6 Å². The minimum absolute atomic E-state index is 0.0485. The molecule has 1 atom stereocenters. The molecule has 126 valence electrons. The summed E-state index contributed by atoms with van der Waals surface area (Å²) in [4.78, 5) is 23.3. The molecule has 1 aromatic carbocycles. The maximum Gasteiger partial charge on any atom is 0.268 e. The van der Waals surface area contributed by atoms with Crippen molar-refractivity contribution < 1.29 is 13.6 Å². The zero-order valence-corrected chi connectivity index (χ0v) is 14.1. The lowest BCUT2D eigenvalue weighted by atomic mass is 10.1. The van der Waals surface area contributed by atoms with Crippen LogP contribution >= 0.6 is 23.2 Å². The van der Waals surface area contributed by atoms with Crippen LogP contribution in [0.15, 0.2) is 16.9 Å². The first kappa shape index (κ1) is 13.3. The number of aromatic amines is 1. The van der Waals surface area contributed by atoms with Crippen LogP contribution in [0.1, 0.15) is 41.4 Å². The number of fused-ring (bicyclic) bond motifs is 1. The average Bonchev–Trinajstić information content (AvgIpc) is 2.98. The third kappa shape index (κ3) is 3.12. The fourth-order valence-corrected chi connectivity index (χ4v) is 3.20. The third-order valence-corrected chi connectivity index (χ3v) is 4.20. The average molecular weight is 371 g/mol. The van der Waals surface area contributed by atoms with Gasteiger partial charge in [-0.25, -0.2) is 5.10 Å². The molecule has 2 aromatic rings. The van der Waals surface area contributed by atoms with Gasteiger partial charge in [-0.3, -0.25) is 9.59 Å². The van der Waals surface area contributed by atoms with Gasteiger partial charge in [0.25, 0.3) is 5.56 Å². The van der Waals surface area contributed by atoms with Gasteiger partial charge in [0, 0.05) is 27.9 Å². The van der Waals surface area contributed by atoms with E-state index in [9.17, 15) is 9.59 Å². The number of carbonyl (C=O) groups excluding carboxylic acids is 1. The Labute approximate surface area is 152 Å². The van der Waals surface area contributed by atoms with E-state index in [-0.39, 0.29) is 33.1 Å². The first-order chi connectivity index (χ1) is 12.6. The monoisotopic (exact) mass is 370 g/mol. The van der Waals surface area contributed by atoms with Crippen molar-refractivity contribution in [3.8, 4) is 11.6 Å². The van der Waals surface area contributed by atoms with Crippen LogP contribution < -0.4 is 15.6 Å². The summed E-state index contributed by atoms with van der Waals surface area (Å²) < 4.78 is 28.6. The predicted molar refractivity (Wildman–Crippen MR) is 92.4 cm³/mol. The van der Waals surface area contributed by atoms with Gasteiger partial charge in [-0.05, 0) is 30.9 Å². The van der Waals surface area contributed by atoms with Crippen molar-refractivity contribution in [3.63, 3.8) is 0 Å². The van der Waals surface area contributed by atoms with Crippen LogP contribution in [0, 0.1) is 0 Å². The highest BCUT2D eigenvalue weighted by atomic mass is 35.5. The van der Waals surface area contributed by atoms with Gasteiger partial charge in [-0.1, -0.05) is 30.1 Å². The second-order valence-corrected chi connectivity index (χ2v) is 6.21. The van der Waals surface area contributed by atoms with Crippen LogP contribution in [0.2, 0.25) is 10.0 Å². The molecule has 0 spiro atoms. The number of hydrogen-bond donors (Lipinski definition) is 2. The van der Waals surface area contributed by atoms with E-state index in [2.05, 4.69) is 15.5 Å². The minimum atomic E-state index is -2.30. The standard InChI is InChI=1S/C16H15Cl2N3O3/c1-7-3-4-10-13(7)15(23)20-21-16(10)24-14-11(17)5-9(6-12(14)18)19-8(2)22/h5-7H,3-4H2,1-2H3,(H,19,22)(H,20,23)/i1D3. The second kappa shape index (κ2) is 6.45. The largest absolute Gasteiger partial charge is 0.434 e. The molecule has 6 nitrogen and oxygen atoms in total. The maximum absolute atomic E-state index is 12.1. The highest BCUT2D eigenvalue weighted by molar-refractivity contribution is 6.37. The molecule has 0 aliphatic heterocycles. The molecule has 0 radical (unpaired) electrons. The molecular formula is C16H15Cl2N3O3. The zero-order chi connectivity index (χ0) is 19.9. The molecule has 1 aliphatic rings. The molecule has 1 aromatic heterocycles. The first-order valence-electron chi connectivity index (χ1n) is 8.64. The molecule has 1 heterocycles. The number of H-pyrrole nitrogens is 1. The second-order valence-electron chi connectivity index (χ2n) is 5.39. The van der Waals surface area contributed by atoms with Gasteiger partial charge in [-0.2, -0.15) is 0 Å². The Morgan fingerprint density at radius 1 is 1.46 bits per heavy atom. The zero-order valence-electron chi connectivity index (χ0n) is 15.6. The summed E-state index contributed by atoms with van der Waals surface area (Å²) >= 11 is 12.4. The first-order valence-corrected chi connectivity index (χ1v) is 7.89. The molecule has 3 rings (SSSR count). The van der Waals surface area contributed by atoms with Gasteiger partial charge in [-0.15, -0.1) is 5.10 Å². The number of hydrogen-bond acceptors (Lipinski definition) is 4. The highest BCUT2D eigenvalue weighted by Gasteiger charge is 2.27. The van der Waals surface area contributed by atoms with E-state index >= 15 is 0 Å².